The molecule has 0 atom stereocenters. The second kappa shape index (κ2) is 5.61. The lowest BCUT2D eigenvalue weighted by atomic mass is 10.1. The summed E-state index contributed by atoms with van der Waals surface area (Å²) < 4.78 is 5.60. The molecule has 0 heterocycles. The minimum Gasteiger partial charge on any atom is -0.461 e. The molecule has 0 aliphatic carbocycles. The molecule has 0 amide bonds. The molecule has 1 rings (SSSR count). The van der Waals surface area contributed by atoms with E-state index in [0.717, 1.165) is 4.47 Å². The van der Waals surface area contributed by atoms with E-state index in [1.807, 2.05) is 0 Å². The monoisotopic (exact) mass is 282 g/mol. The summed E-state index contributed by atoms with van der Waals surface area (Å²) in [6.07, 6.45) is 0. The molecule has 0 fully saturated rings. The highest BCUT2D eigenvalue weighted by atomic mass is 79.9. The topological polar surface area (TPSA) is 43.4 Å². The van der Waals surface area contributed by atoms with Gasteiger partial charge in [0.15, 0.2) is 5.78 Å². The lowest BCUT2D eigenvalue weighted by Crippen LogP contribution is -2.10. The SMILES string of the molecule is C=C(COC(C)=O)C(=O)c1ccc(Br)cc1. The molecule has 16 heavy (non-hydrogen) atoms. The first-order chi connectivity index (χ1) is 7.50. The second-order valence-corrected chi connectivity index (χ2v) is 4.14. The van der Waals surface area contributed by atoms with Gasteiger partial charge < -0.3 is 4.74 Å². The lowest BCUT2D eigenvalue weighted by Gasteiger charge is -2.05. The van der Waals surface area contributed by atoms with E-state index in [1.165, 1.54) is 6.92 Å². The van der Waals surface area contributed by atoms with Crippen LogP contribution >= 0.6 is 15.9 Å². The van der Waals surface area contributed by atoms with Gasteiger partial charge in [0.2, 0.25) is 0 Å². The van der Waals surface area contributed by atoms with Gasteiger partial charge in [0.05, 0.1) is 0 Å². The summed E-state index contributed by atoms with van der Waals surface area (Å²) in [5, 5.41) is 0. The van der Waals surface area contributed by atoms with E-state index in [4.69, 9.17) is 4.74 Å². The van der Waals surface area contributed by atoms with Crippen molar-refractivity contribution in [3.05, 3.63) is 46.5 Å². The van der Waals surface area contributed by atoms with Gasteiger partial charge in [0, 0.05) is 22.5 Å². The first-order valence-corrected chi connectivity index (χ1v) is 5.41. The number of carbonyl (C=O) groups is 2. The molecule has 0 aliphatic rings. The van der Waals surface area contributed by atoms with E-state index in [-0.39, 0.29) is 18.0 Å². The summed E-state index contributed by atoms with van der Waals surface area (Å²) in [5.41, 5.74) is 0.790. The number of benzene rings is 1. The molecular weight excluding hydrogens is 272 g/mol. The molecular formula is C12H11BrO3. The number of carbonyl (C=O) groups excluding carboxylic acids is 2. The molecule has 0 spiro atoms. The lowest BCUT2D eigenvalue weighted by molar-refractivity contribution is -0.139. The van der Waals surface area contributed by atoms with Crippen LogP contribution in [-0.2, 0) is 9.53 Å². The van der Waals surface area contributed by atoms with Crippen LogP contribution < -0.4 is 0 Å². The number of Topliss-reactive ketones (excluding diaryl/α,β-unsaturated/α-hetero) is 1. The Labute approximate surface area is 102 Å². The van der Waals surface area contributed by atoms with Crippen molar-refractivity contribution in [2.75, 3.05) is 6.61 Å². The summed E-state index contributed by atoms with van der Waals surface area (Å²) in [5.74, 6) is -0.640. The third-order valence-electron chi connectivity index (χ3n) is 1.88. The fourth-order valence-electron chi connectivity index (χ4n) is 1.06. The zero-order chi connectivity index (χ0) is 12.1. The van der Waals surface area contributed by atoms with Crippen LogP contribution in [-0.4, -0.2) is 18.4 Å². The van der Waals surface area contributed by atoms with Crippen LogP contribution in [0.15, 0.2) is 40.9 Å². The van der Waals surface area contributed by atoms with Gasteiger partial charge in [-0.15, -0.1) is 0 Å². The summed E-state index contributed by atoms with van der Waals surface area (Å²) in [6.45, 7) is 4.81. The zero-order valence-electron chi connectivity index (χ0n) is 8.83. The Morgan fingerprint density at radius 1 is 1.31 bits per heavy atom. The Bertz CT molecular complexity index is 420. The predicted octanol–water partition coefficient (Wildman–Crippen LogP) is 2.75. The van der Waals surface area contributed by atoms with Gasteiger partial charge in [-0.1, -0.05) is 22.5 Å². The number of ether oxygens (including phenoxy) is 1. The van der Waals surface area contributed by atoms with E-state index in [0.29, 0.717) is 5.56 Å². The number of ketones is 1. The van der Waals surface area contributed by atoms with Crippen LogP contribution in [0.5, 0.6) is 0 Å². The molecule has 1 aromatic rings. The summed E-state index contributed by atoms with van der Waals surface area (Å²) in [7, 11) is 0. The van der Waals surface area contributed by atoms with Crippen molar-refractivity contribution >= 4 is 27.7 Å². The van der Waals surface area contributed by atoms with Crippen molar-refractivity contribution in [2.45, 2.75) is 6.92 Å². The smallest absolute Gasteiger partial charge is 0.302 e. The molecule has 0 radical (unpaired) electrons. The Hall–Kier alpha value is -1.42. The molecule has 0 bridgehead atoms. The number of hydrogen-bond acceptors (Lipinski definition) is 3. The molecule has 0 aliphatic heterocycles. The first-order valence-electron chi connectivity index (χ1n) is 4.62. The Balaban J connectivity index is 2.67. The summed E-state index contributed by atoms with van der Waals surface area (Å²) in [4.78, 5) is 22.3. The molecule has 84 valence electrons. The Kier molecular flexibility index (Phi) is 4.43. The van der Waals surface area contributed by atoms with Crippen LogP contribution in [0.4, 0.5) is 0 Å². The predicted molar refractivity (Wildman–Crippen MR) is 64.2 cm³/mol. The second-order valence-electron chi connectivity index (χ2n) is 3.22. The van der Waals surface area contributed by atoms with Gasteiger partial charge in [-0.2, -0.15) is 0 Å². The quantitative estimate of drug-likeness (QED) is 0.485. The maximum absolute atomic E-state index is 11.8. The van der Waals surface area contributed by atoms with Gasteiger partial charge in [0.25, 0.3) is 0 Å². The fraction of sp³-hybridized carbons (Fsp3) is 0.167. The van der Waals surface area contributed by atoms with Crippen molar-refractivity contribution in [2.24, 2.45) is 0 Å². The average Bonchev–Trinajstić information content (AvgIpc) is 2.26. The van der Waals surface area contributed by atoms with E-state index < -0.39 is 5.97 Å². The summed E-state index contributed by atoms with van der Waals surface area (Å²) in [6, 6.07) is 6.91. The van der Waals surface area contributed by atoms with Gasteiger partial charge >= 0.3 is 5.97 Å². The van der Waals surface area contributed by atoms with Gasteiger partial charge in [-0.3, -0.25) is 9.59 Å². The van der Waals surface area contributed by atoms with Crippen molar-refractivity contribution < 1.29 is 14.3 Å². The molecule has 0 unspecified atom stereocenters. The van der Waals surface area contributed by atoms with Crippen LogP contribution in [0.3, 0.4) is 0 Å². The third kappa shape index (κ3) is 3.62. The highest BCUT2D eigenvalue weighted by Gasteiger charge is 2.10. The van der Waals surface area contributed by atoms with E-state index in [2.05, 4.69) is 22.5 Å². The minimum absolute atomic E-state index is 0.0652. The number of halogens is 1. The molecule has 1 aromatic carbocycles. The standard InChI is InChI=1S/C12H11BrO3/c1-8(7-16-9(2)14)12(15)10-3-5-11(13)6-4-10/h3-6H,1,7H2,2H3. The fourth-order valence-corrected chi connectivity index (χ4v) is 1.32. The van der Waals surface area contributed by atoms with Crippen LogP contribution in [0, 0.1) is 0 Å². The average molecular weight is 283 g/mol. The molecule has 0 N–H and O–H groups in total. The summed E-state index contributed by atoms with van der Waals surface area (Å²) >= 11 is 3.28. The van der Waals surface area contributed by atoms with Crippen molar-refractivity contribution in [1.82, 2.24) is 0 Å². The van der Waals surface area contributed by atoms with Gasteiger partial charge in [-0.05, 0) is 24.3 Å². The van der Waals surface area contributed by atoms with Crippen LogP contribution in [0.2, 0.25) is 0 Å². The maximum Gasteiger partial charge on any atom is 0.302 e. The Morgan fingerprint density at radius 2 is 1.88 bits per heavy atom. The first kappa shape index (κ1) is 12.6. The molecule has 4 heteroatoms. The number of hydrogen-bond donors (Lipinski definition) is 0. The minimum atomic E-state index is -0.426. The molecule has 3 nitrogen and oxygen atoms in total. The number of esters is 1. The highest BCUT2D eigenvalue weighted by Crippen LogP contribution is 2.13. The van der Waals surface area contributed by atoms with Gasteiger partial charge in [0.1, 0.15) is 6.61 Å². The Morgan fingerprint density at radius 3 is 2.38 bits per heavy atom. The number of rotatable bonds is 4. The van der Waals surface area contributed by atoms with E-state index in [1.54, 1.807) is 24.3 Å². The normalized spacial score (nSPS) is 9.62. The van der Waals surface area contributed by atoms with Crippen LogP contribution in [0.25, 0.3) is 0 Å². The van der Waals surface area contributed by atoms with Crippen molar-refractivity contribution in [3.8, 4) is 0 Å². The van der Waals surface area contributed by atoms with E-state index in [9.17, 15) is 9.59 Å². The largest absolute Gasteiger partial charge is 0.461 e. The zero-order valence-corrected chi connectivity index (χ0v) is 10.4. The maximum atomic E-state index is 11.8. The molecule has 0 aromatic heterocycles. The van der Waals surface area contributed by atoms with Crippen molar-refractivity contribution in [3.63, 3.8) is 0 Å². The van der Waals surface area contributed by atoms with Gasteiger partial charge in [-0.25, -0.2) is 0 Å². The highest BCUT2D eigenvalue weighted by molar-refractivity contribution is 9.10. The van der Waals surface area contributed by atoms with E-state index >= 15 is 0 Å². The molecule has 0 saturated heterocycles. The third-order valence-corrected chi connectivity index (χ3v) is 2.41. The van der Waals surface area contributed by atoms with Crippen LogP contribution in [0.1, 0.15) is 17.3 Å². The molecule has 0 saturated carbocycles. The van der Waals surface area contributed by atoms with Crippen molar-refractivity contribution in [1.29, 1.82) is 0 Å².